The lowest BCUT2D eigenvalue weighted by Crippen LogP contribution is -2.28. The summed E-state index contributed by atoms with van der Waals surface area (Å²) >= 11 is 0. The van der Waals surface area contributed by atoms with Crippen molar-refractivity contribution in [3.63, 3.8) is 0 Å². The zero-order valence-electron chi connectivity index (χ0n) is 11.3. The van der Waals surface area contributed by atoms with Gasteiger partial charge in [0.1, 0.15) is 5.82 Å². The molecule has 108 valence electrons. The number of rotatable bonds is 3. The van der Waals surface area contributed by atoms with E-state index < -0.39 is 11.8 Å². The van der Waals surface area contributed by atoms with E-state index in [0.717, 1.165) is 12.1 Å². The van der Waals surface area contributed by atoms with Crippen molar-refractivity contribution >= 4 is 11.9 Å². The molecule has 1 aromatic carbocycles. The Morgan fingerprint density at radius 2 is 2.25 bits per heavy atom. The first-order valence-corrected chi connectivity index (χ1v) is 6.46. The first kappa shape index (κ1) is 14.5. The minimum Gasteiger partial charge on any atom is -0.465 e. The molecule has 0 aromatic heterocycles. The monoisotopic (exact) mass is 280 g/mol. The Morgan fingerprint density at radius 3 is 2.95 bits per heavy atom. The maximum Gasteiger partial charge on any atom is 0.340 e. The summed E-state index contributed by atoms with van der Waals surface area (Å²) in [6, 6.07) is 4.47. The van der Waals surface area contributed by atoms with E-state index in [-0.39, 0.29) is 11.5 Å². The van der Waals surface area contributed by atoms with Gasteiger partial charge in [0, 0.05) is 32.6 Å². The Bertz CT molecular complexity index is 519. The van der Waals surface area contributed by atoms with Crippen LogP contribution in [0.15, 0.2) is 18.2 Å². The molecule has 0 saturated carbocycles. The summed E-state index contributed by atoms with van der Waals surface area (Å²) in [4.78, 5) is 24.6. The number of hydrogen-bond donors (Lipinski definition) is 1. The zero-order chi connectivity index (χ0) is 14.5. The standard InChI is InChI=1S/C14H17FN2O3/c1-20-14(19)11-3-2-10(8-12(11)15)9-17-6-4-13(18)16-5-7-17/h2-3,8H,4-7,9H2,1H3,(H,16,18). The molecule has 1 N–H and O–H groups in total. The number of nitrogens with one attached hydrogen (secondary N) is 1. The Kier molecular flexibility index (Phi) is 4.68. The van der Waals surface area contributed by atoms with Crippen LogP contribution in [0.1, 0.15) is 22.3 Å². The second kappa shape index (κ2) is 6.47. The SMILES string of the molecule is COC(=O)c1ccc(CN2CCNC(=O)CC2)cc1F. The van der Waals surface area contributed by atoms with Gasteiger partial charge in [-0.2, -0.15) is 0 Å². The lowest BCUT2D eigenvalue weighted by Gasteiger charge is -2.19. The van der Waals surface area contributed by atoms with Gasteiger partial charge in [0.2, 0.25) is 5.91 Å². The van der Waals surface area contributed by atoms with E-state index in [1.54, 1.807) is 6.07 Å². The molecular formula is C14H17FN2O3. The fourth-order valence-corrected chi connectivity index (χ4v) is 2.16. The average molecular weight is 280 g/mol. The molecule has 2 rings (SSSR count). The summed E-state index contributed by atoms with van der Waals surface area (Å²) in [6.07, 6.45) is 0.447. The Balaban J connectivity index is 2.04. The number of methoxy groups -OCH3 is 1. The zero-order valence-corrected chi connectivity index (χ0v) is 11.3. The molecule has 1 aliphatic rings. The van der Waals surface area contributed by atoms with Crippen LogP contribution in [0.25, 0.3) is 0 Å². The average Bonchev–Trinajstić information content (AvgIpc) is 2.63. The van der Waals surface area contributed by atoms with Crippen molar-refractivity contribution in [2.24, 2.45) is 0 Å². The maximum atomic E-state index is 13.8. The number of nitrogens with zero attached hydrogens (tertiary/aromatic N) is 1. The molecule has 1 aromatic rings. The fourth-order valence-electron chi connectivity index (χ4n) is 2.16. The van der Waals surface area contributed by atoms with Gasteiger partial charge < -0.3 is 10.1 Å². The van der Waals surface area contributed by atoms with Gasteiger partial charge in [-0.05, 0) is 17.7 Å². The summed E-state index contributed by atoms with van der Waals surface area (Å²) in [5.74, 6) is -1.23. The van der Waals surface area contributed by atoms with Gasteiger partial charge in [-0.3, -0.25) is 9.69 Å². The van der Waals surface area contributed by atoms with Crippen LogP contribution >= 0.6 is 0 Å². The summed E-state index contributed by atoms with van der Waals surface area (Å²) < 4.78 is 18.3. The van der Waals surface area contributed by atoms with Crippen molar-refractivity contribution in [2.75, 3.05) is 26.7 Å². The number of benzene rings is 1. The third-order valence-electron chi connectivity index (χ3n) is 3.25. The quantitative estimate of drug-likeness (QED) is 0.837. The highest BCUT2D eigenvalue weighted by Crippen LogP contribution is 2.14. The predicted molar refractivity (Wildman–Crippen MR) is 70.6 cm³/mol. The second-order valence-electron chi connectivity index (χ2n) is 4.68. The molecule has 0 bridgehead atoms. The smallest absolute Gasteiger partial charge is 0.340 e. The molecule has 0 atom stereocenters. The molecule has 1 saturated heterocycles. The predicted octanol–water partition coefficient (Wildman–Crippen LogP) is 0.934. The van der Waals surface area contributed by atoms with Gasteiger partial charge in [-0.15, -0.1) is 0 Å². The van der Waals surface area contributed by atoms with Gasteiger partial charge in [-0.25, -0.2) is 9.18 Å². The van der Waals surface area contributed by atoms with Crippen LogP contribution in [0, 0.1) is 5.82 Å². The number of ether oxygens (including phenoxy) is 1. The van der Waals surface area contributed by atoms with Crippen LogP contribution in [0.3, 0.4) is 0 Å². The lowest BCUT2D eigenvalue weighted by atomic mass is 10.1. The highest BCUT2D eigenvalue weighted by atomic mass is 19.1. The topological polar surface area (TPSA) is 58.6 Å². The number of halogens is 1. The number of hydrogen-bond acceptors (Lipinski definition) is 4. The minimum absolute atomic E-state index is 0.0414. The molecule has 0 aliphatic carbocycles. The summed E-state index contributed by atoms with van der Waals surface area (Å²) in [5, 5.41) is 2.79. The summed E-state index contributed by atoms with van der Waals surface area (Å²) in [6.45, 7) is 2.52. The molecule has 0 radical (unpaired) electrons. The second-order valence-corrected chi connectivity index (χ2v) is 4.68. The third kappa shape index (κ3) is 3.54. The van der Waals surface area contributed by atoms with E-state index in [2.05, 4.69) is 15.0 Å². The van der Waals surface area contributed by atoms with Gasteiger partial charge in [0.25, 0.3) is 0 Å². The largest absolute Gasteiger partial charge is 0.465 e. The highest BCUT2D eigenvalue weighted by molar-refractivity contribution is 5.89. The molecule has 20 heavy (non-hydrogen) atoms. The maximum absolute atomic E-state index is 13.8. The molecule has 1 fully saturated rings. The summed E-state index contributed by atoms with van der Waals surface area (Å²) in [5.41, 5.74) is 0.702. The van der Waals surface area contributed by atoms with Crippen LogP contribution in [-0.4, -0.2) is 43.5 Å². The number of esters is 1. The van der Waals surface area contributed by atoms with Crippen molar-refractivity contribution in [2.45, 2.75) is 13.0 Å². The Hall–Kier alpha value is -1.95. The molecular weight excluding hydrogens is 263 g/mol. The molecule has 1 amide bonds. The van der Waals surface area contributed by atoms with Crippen molar-refractivity contribution in [3.05, 3.63) is 35.1 Å². The molecule has 6 heteroatoms. The van der Waals surface area contributed by atoms with Crippen molar-refractivity contribution in [1.82, 2.24) is 10.2 Å². The van der Waals surface area contributed by atoms with Crippen LogP contribution in [0.2, 0.25) is 0 Å². The third-order valence-corrected chi connectivity index (χ3v) is 3.25. The van der Waals surface area contributed by atoms with Crippen LogP contribution in [0.4, 0.5) is 4.39 Å². The molecule has 0 spiro atoms. The first-order valence-electron chi connectivity index (χ1n) is 6.46. The van der Waals surface area contributed by atoms with Crippen molar-refractivity contribution < 1.29 is 18.7 Å². The molecule has 0 unspecified atom stereocenters. The fraction of sp³-hybridized carbons (Fsp3) is 0.429. The first-order chi connectivity index (χ1) is 9.60. The molecule has 1 aliphatic heterocycles. The van der Waals surface area contributed by atoms with Gasteiger partial charge in [-0.1, -0.05) is 6.07 Å². The minimum atomic E-state index is -0.682. The lowest BCUT2D eigenvalue weighted by molar-refractivity contribution is -0.120. The van der Waals surface area contributed by atoms with E-state index in [0.29, 0.717) is 26.1 Å². The molecule has 5 nitrogen and oxygen atoms in total. The molecule has 1 heterocycles. The number of carbonyl (C=O) groups excluding carboxylic acids is 2. The van der Waals surface area contributed by atoms with E-state index in [4.69, 9.17) is 0 Å². The van der Waals surface area contributed by atoms with Crippen LogP contribution in [0.5, 0.6) is 0 Å². The van der Waals surface area contributed by atoms with Crippen LogP contribution in [-0.2, 0) is 16.1 Å². The normalized spacial score (nSPS) is 16.4. The Labute approximate surface area is 116 Å². The van der Waals surface area contributed by atoms with E-state index >= 15 is 0 Å². The van der Waals surface area contributed by atoms with Gasteiger partial charge in [0.15, 0.2) is 0 Å². The van der Waals surface area contributed by atoms with E-state index in [9.17, 15) is 14.0 Å². The van der Waals surface area contributed by atoms with Crippen molar-refractivity contribution in [1.29, 1.82) is 0 Å². The number of amides is 1. The summed E-state index contributed by atoms with van der Waals surface area (Å²) in [7, 11) is 1.22. The number of carbonyl (C=O) groups is 2. The Morgan fingerprint density at radius 1 is 1.45 bits per heavy atom. The van der Waals surface area contributed by atoms with Crippen LogP contribution < -0.4 is 5.32 Å². The van der Waals surface area contributed by atoms with E-state index in [1.165, 1.54) is 19.2 Å². The van der Waals surface area contributed by atoms with Crippen molar-refractivity contribution in [3.8, 4) is 0 Å². The van der Waals surface area contributed by atoms with Gasteiger partial charge >= 0.3 is 5.97 Å². The van der Waals surface area contributed by atoms with E-state index in [1.807, 2.05) is 0 Å². The highest BCUT2D eigenvalue weighted by Gasteiger charge is 2.16. The van der Waals surface area contributed by atoms with Gasteiger partial charge in [0.05, 0.1) is 12.7 Å².